The number of carbonyl (C=O) groups excluding carboxylic acids is 1. The Morgan fingerprint density at radius 1 is 1.25 bits per heavy atom. The van der Waals surface area contributed by atoms with E-state index in [-0.39, 0.29) is 11.7 Å². The molecule has 1 aromatic rings. The van der Waals surface area contributed by atoms with Crippen molar-refractivity contribution < 1.29 is 9.21 Å². The highest BCUT2D eigenvalue weighted by Gasteiger charge is 2.51. The summed E-state index contributed by atoms with van der Waals surface area (Å²) >= 11 is 0. The molecule has 0 aromatic carbocycles. The third kappa shape index (κ3) is 0.902. The monoisotopic (exact) mass is 212 g/mol. The number of rotatable bonds is 1. The van der Waals surface area contributed by atoms with Crippen LogP contribution < -0.4 is 0 Å². The summed E-state index contributed by atoms with van der Waals surface area (Å²) in [6, 6.07) is 3.71. The second kappa shape index (κ2) is 2.76. The molecule has 2 heteroatoms. The van der Waals surface area contributed by atoms with Crippen molar-refractivity contribution >= 4 is 11.4 Å². The van der Waals surface area contributed by atoms with Gasteiger partial charge in [-0.05, 0) is 36.3 Å². The summed E-state index contributed by atoms with van der Waals surface area (Å²) in [7, 11) is 0. The van der Waals surface area contributed by atoms with E-state index in [4.69, 9.17) is 4.42 Å². The number of fused-ring (bicyclic) bond motifs is 5. The lowest BCUT2D eigenvalue weighted by Gasteiger charge is -2.17. The largest absolute Gasteiger partial charge is 0.464 e. The van der Waals surface area contributed by atoms with Gasteiger partial charge in [-0.25, -0.2) is 0 Å². The third-order valence-corrected chi connectivity index (χ3v) is 4.23. The van der Waals surface area contributed by atoms with E-state index in [2.05, 4.69) is 18.2 Å². The van der Waals surface area contributed by atoms with Gasteiger partial charge in [0.25, 0.3) is 0 Å². The van der Waals surface area contributed by atoms with Crippen LogP contribution in [0.1, 0.15) is 12.2 Å². The van der Waals surface area contributed by atoms with E-state index in [1.807, 2.05) is 12.1 Å². The van der Waals surface area contributed by atoms with E-state index in [1.54, 1.807) is 6.26 Å². The molecule has 4 rings (SSSR count). The van der Waals surface area contributed by atoms with E-state index in [0.717, 1.165) is 11.3 Å². The van der Waals surface area contributed by atoms with Crippen molar-refractivity contribution in [3.63, 3.8) is 0 Å². The van der Waals surface area contributed by atoms with Crippen LogP contribution in [0.5, 0.6) is 0 Å². The Labute approximate surface area is 93.6 Å². The number of hydrogen-bond donors (Lipinski definition) is 0. The Kier molecular flexibility index (Phi) is 1.48. The van der Waals surface area contributed by atoms with Gasteiger partial charge in [0, 0.05) is 5.92 Å². The molecule has 0 saturated heterocycles. The van der Waals surface area contributed by atoms with Crippen LogP contribution >= 0.6 is 0 Å². The van der Waals surface area contributed by atoms with Crippen LogP contribution in [-0.4, -0.2) is 5.78 Å². The first-order valence-electron chi connectivity index (χ1n) is 5.83. The number of ketones is 1. The van der Waals surface area contributed by atoms with Crippen molar-refractivity contribution in [1.82, 2.24) is 0 Å². The van der Waals surface area contributed by atoms with Crippen LogP contribution in [-0.2, 0) is 4.79 Å². The zero-order valence-corrected chi connectivity index (χ0v) is 8.80. The summed E-state index contributed by atoms with van der Waals surface area (Å²) in [5.74, 6) is 2.73. The van der Waals surface area contributed by atoms with Gasteiger partial charge in [0.2, 0.25) is 0 Å². The number of hydrogen-bond acceptors (Lipinski definition) is 2. The van der Waals surface area contributed by atoms with Gasteiger partial charge in [0.15, 0.2) is 5.78 Å². The smallest absolute Gasteiger partial charge is 0.170 e. The number of furan rings is 1. The maximum absolute atomic E-state index is 12.3. The highest BCUT2D eigenvalue weighted by Crippen LogP contribution is 2.54. The minimum Gasteiger partial charge on any atom is -0.464 e. The standard InChI is InChI=1S/C14H12O2/c15-14-11(12-2-1-5-16-12)7-10-8-3-4-9(6-8)13(10)14/h1-5,7-10,13H,6H2/t8-,9+,10+,13-/m0/s1. The predicted octanol–water partition coefficient (Wildman–Crippen LogP) is 2.68. The van der Waals surface area contributed by atoms with Crippen molar-refractivity contribution in [2.45, 2.75) is 6.42 Å². The van der Waals surface area contributed by atoms with Gasteiger partial charge in [-0.2, -0.15) is 0 Å². The number of carbonyl (C=O) groups is 1. The van der Waals surface area contributed by atoms with Gasteiger partial charge in [0.1, 0.15) is 5.76 Å². The van der Waals surface area contributed by atoms with E-state index >= 15 is 0 Å². The summed E-state index contributed by atoms with van der Waals surface area (Å²) in [5, 5.41) is 0. The molecule has 1 aromatic heterocycles. The topological polar surface area (TPSA) is 30.2 Å². The molecule has 1 fully saturated rings. The van der Waals surface area contributed by atoms with Crippen molar-refractivity contribution in [2.24, 2.45) is 23.7 Å². The van der Waals surface area contributed by atoms with Crippen LogP contribution in [0, 0.1) is 23.7 Å². The fraction of sp³-hybridized carbons (Fsp3) is 0.357. The van der Waals surface area contributed by atoms with Crippen LogP contribution in [0.2, 0.25) is 0 Å². The average molecular weight is 212 g/mol. The van der Waals surface area contributed by atoms with E-state index in [9.17, 15) is 4.79 Å². The molecule has 0 aliphatic heterocycles. The summed E-state index contributed by atoms with van der Waals surface area (Å²) in [6.07, 6.45) is 9.44. The third-order valence-electron chi connectivity index (χ3n) is 4.23. The van der Waals surface area contributed by atoms with E-state index in [1.165, 1.54) is 6.42 Å². The molecule has 80 valence electrons. The van der Waals surface area contributed by atoms with Gasteiger partial charge >= 0.3 is 0 Å². The molecule has 1 heterocycles. The molecule has 3 aliphatic carbocycles. The molecule has 16 heavy (non-hydrogen) atoms. The fourth-order valence-electron chi connectivity index (χ4n) is 3.55. The first-order chi connectivity index (χ1) is 7.84. The Bertz CT molecular complexity index is 507. The molecule has 0 spiro atoms. The SMILES string of the molecule is O=C1C(c2ccco2)=C[C@H]2[C@@H]1[C@@H]1C=C[C@H]2C1. The van der Waals surface area contributed by atoms with Gasteiger partial charge in [-0.15, -0.1) is 0 Å². The highest BCUT2D eigenvalue weighted by molar-refractivity contribution is 6.23. The second-order valence-corrected chi connectivity index (χ2v) is 4.97. The molecule has 0 N–H and O–H groups in total. The molecule has 2 bridgehead atoms. The normalized spacial score (nSPS) is 39.2. The highest BCUT2D eigenvalue weighted by atomic mass is 16.3. The van der Waals surface area contributed by atoms with Gasteiger partial charge in [-0.3, -0.25) is 4.79 Å². The predicted molar refractivity (Wildman–Crippen MR) is 59.4 cm³/mol. The lowest BCUT2D eigenvalue weighted by atomic mass is 9.85. The minimum atomic E-state index is 0.204. The Balaban J connectivity index is 1.78. The molecule has 2 nitrogen and oxygen atoms in total. The first-order valence-corrected chi connectivity index (χ1v) is 5.83. The maximum atomic E-state index is 12.3. The van der Waals surface area contributed by atoms with Crippen LogP contribution in [0.4, 0.5) is 0 Å². The maximum Gasteiger partial charge on any atom is 0.170 e. The number of allylic oxidation sites excluding steroid dienone is 4. The van der Waals surface area contributed by atoms with Crippen molar-refractivity contribution in [1.29, 1.82) is 0 Å². The molecule has 0 radical (unpaired) electrons. The molecule has 4 atom stereocenters. The minimum absolute atomic E-state index is 0.204. The zero-order chi connectivity index (χ0) is 10.7. The Morgan fingerprint density at radius 2 is 2.12 bits per heavy atom. The summed E-state index contributed by atoms with van der Waals surface area (Å²) in [5.41, 5.74) is 0.804. The Morgan fingerprint density at radius 3 is 2.88 bits per heavy atom. The van der Waals surface area contributed by atoms with Crippen molar-refractivity contribution in [3.05, 3.63) is 42.4 Å². The van der Waals surface area contributed by atoms with Crippen molar-refractivity contribution in [2.75, 3.05) is 0 Å². The lowest BCUT2D eigenvalue weighted by Crippen LogP contribution is -2.20. The molecular weight excluding hydrogens is 200 g/mol. The molecule has 1 saturated carbocycles. The summed E-state index contributed by atoms with van der Waals surface area (Å²) < 4.78 is 5.33. The van der Waals surface area contributed by atoms with Gasteiger partial charge in [0.05, 0.1) is 11.8 Å². The van der Waals surface area contributed by atoms with Crippen LogP contribution in [0.15, 0.2) is 41.0 Å². The van der Waals surface area contributed by atoms with E-state index < -0.39 is 0 Å². The average Bonchev–Trinajstić information content (AvgIpc) is 2.97. The van der Waals surface area contributed by atoms with Gasteiger partial charge in [-0.1, -0.05) is 18.2 Å². The quantitative estimate of drug-likeness (QED) is 0.670. The van der Waals surface area contributed by atoms with E-state index in [0.29, 0.717) is 17.8 Å². The molecule has 0 amide bonds. The van der Waals surface area contributed by atoms with Crippen LogP contribution in [0.3, 0.4) is 0 Å². The summed E-state index contributed by atoms with van der Waals surface area (Å²) in [6.45, 7) is 0. The molecular formula is C14H12O2. The molecule has 0 unspecified atom stereocenters. The van der Waals surface area contributed by atoms with Crippen LogP contribution in [0.25, 0.3) is 5.57 Å². The second-order valence-electron chi connectivity index (χ2n) is 4.97. The number of Topliss-reactive ketones (excluding diaryl/α,β-unsaturated/α-hetero) is 1. The van der Waals surface area contributed by atoms with Crippen molar-refractivity contribution in [3.8, 4) is 0 Å². The summed E-state index contributed by atoms with van der Waals surface area (Å²) in [4.78, 5) is 12.3. The first kappa shape index (κ1) is 8.57. The molecule has 3 aliphatic rings. The van der Waals surface area contributed by atoms with Gasteiger partial charge < -0.3 is 4.42 Å². The zero-order valence-electron chi connectivity index (χ0n) is 8.80. The fourth-order valence-corrected chi connectivity index (χ4v) is 3.55. The lowest BCUT2D eigenvalue weighted by molar-refractivity contribution is -0.118. The Hall–Kier alpha value is -1.57.